The van der Waals surface area contributed by atoms with Crippen LogP contribution >= 0.6 is 39.1 Å². The van der Waals surface area contributed by atoms with Crippen LogP contribution in [0, 0.1) is 5.92 Å². The highest BCUT2D eigenvalue weighted by Crippen LogP contribution is 2.36. The molecule has 1 aromatic carbocycles. The monoisotopic (exact) mass is 336 g/mol. The minimum Gasteiger partial charge on any atom is -0.397 e. The van der Waals surface area contributed by atoms with Gasteiger partial charge in [0.2, 0.25) is 5.91 Å². The summed E-state index contributed by atoms with van der Waals surface area (Å²) in [4.78, 5) is 13.5. The van der Waals surface area contributed by atoms with Crippen molar-refractivity contribution in [3.8, 4) is 0 Å². The third-order valence-electron chi connectivity index (χ3n) is 2.78. The van der Waals surface area contributed by atoms with Gasteiger partial charge in [-0.05, 0) is 18.1 Å². The van der Waals surface area contributed by atoms with Crippen LogP contribution in [0.1, 0.15) is 6.42 Å². The number of carbonyl (C=O) groups is 1. The minimum absolute atomic E-state index is 0.0690. The van der Waals surface area contributed by atoms with Gasteiger partial charge in [-0.15, -0.1) is 0 Å². The van der Waals surface area contributed by atoms with Crippen molar-refractivity contribution >= 4 is 56.4 Å². The number of nitrogen functional groups attached to an aromatic ring is 1. The molecule has 1 saturated heterocycles. The molecule has 1 aliphatic rings. The van der Waals surface area contributed by atoms with Crippen LogP contribution in [0.4, 0.5) is 11.4 Å². The summed E-state index contributed by atoms with van der Waals surface area (Å²) >= 11 is 15.2. The maximum Gasteiger partial charge on any atom is 0.227 e. The molecule has 1 fully saturated rings. The SMILES string of the molecule is Nc1cc(Cl)c(Cl)cc1N1CC(CBr)CC1=O. The highest BCUT2D eigenvalue weighted by Gasteiger charge is 2.31. The summed E-state index contributed by atoms with van der Waals surface area (Å²) in [5, 5.41) is 1.61. The molecule has 2 rings (SSSR count). The second kappa shape index (κ2) is 5.04. The van der Waals surface area contributed by atoms with E-state index < -0.39 is 0 Å². The van der Waals surface area contributed by atoms with Crippen LogP contribution < -0.4 is 10.6 Å². The second-order valence-electron chi connectivity index (χ2n) is 4.05. The maximum atomic E-state index is 11.9. The van der Waals surface area contributed by atoms with E-state index in [2.05, 4.69) is 15.9 Å². The molecule has 0 bridgehead atoms. The normalized spacial score (nSPS) is 20.1. The molecule has 0 saturated carbocycles. The van der Waals surface area contributed by atoms with Crippen molar-refractivity contribution in [1.29, 1.82) is 0 Å². The van der Waals surface area contributed by atoms with E-state index in [-0.39, 0.29) is 5.91 Å². The van der Waals surface area contributed by atoms with Gasteiger partial charge in [-0.3, -0.25) is 4.79 Å². The second-order valence-corrected chi connectivity index (χ2v) is 5.52. The topological polar surface area (TPSA) is 46.3 Å². The lowest BCUT2D eigenvalue weighted by atomic mass is 10.2. The Kier molecular flexibility index (Phi) is 3.85. The number of nitrogens with zero attached hydrogens (tertiary/aromatic N) is 1. The lowest BCUT2D eigenvalue weighted by molar-refractivity contribution is -0.117. The van der Waals surface area contributed by atoms with E-state index >= 15 is 0 Å². The molecule has 1 unspecified atom stereocenters. The zero-order valence-corrected chi connectivity index (χ0v) is 12.0. The van der Waals surface area contributed by atoms with Crippen molar-refractivity contribution in [2.45, 2.75) is 6.42 Å². The number of benzene rings is 1. The number of nitrogens with two attached hydrogens (primary N) is 1. The van der Waals surface area contributed by atoms with Crippen molar-refractivity contribution in [2.75, 3.05) is 22.5 Å². The van der Waals surface area contributed by atoms with E-state index in [1.807, 2.05) is 0 Å². The van der Waals surface area contributed by atoms with Gasteiger partial charge in [-0.2, -0.15) is 0 Å². The van der Waals surface area contributed by atoms with Gasteiger partial charge in [0, 0.05) is 18.3 Å². The highest BCUT2D eigenvalue weighted by atomic mass is 79.9. The first-order valence-electron chi connectivity index (χ1n) is 5.13. The largest absolute Gasteiger partial charge is 0.397 e. The number of anilines is 2. The molecule has 0 aromatic heterocycles. The number of rotatable bonds is 2. The average Bonchev–Trinajstić information content (AvgIpc) is 2.65. The van der Waals surface area contributed by atoms with Crippen LogP contribution in [0.15, 0.2) is 12.1 Å². The molecule has 0 spiro atoms. The maximum absolute atomic E-state index is 11.9. The van der Waals surface area contributed by atoms with Crippen LogP contribution in [0.5, 0.6) is 0 Å². The molecule has 17 heavy (non-hydrogen) atoms. The molecule has 1 aromatic rings. The lowest BCUT2D eigenvalue weighted by Gasteiger charge is -2.19. The number of halogens is 3. The van der Waals surface area contributed by atoms with E-state index in [9.17, 15) is 4.79 Å². The van der Waals surface area contributed by atoms with Gasteiger partial charge in [-0.1, -0.05) is 39.1 Å². The van der Waals surface area contributed by atoms with E-state index in [0.717, 1.165) is 5.33 Å². The van der Waals surface area contributed by atoms with Gasteiger partial charge in [0.05, 0.1) is 21.4 Å². The van der Waals surface area contributed by atoms with E-state index in [4.69, 9.17) is 28.9 Å². The predicted octanol–water partition coefficient (Wildman–Crippen LogP) is 3.32. The van der Waals surface area contributed by atoms with Crippen LogP contribution in [0.3, 0.4) is 0 Å². The summed E-state index contributed by atoms with van der Waals surface area (Å²) in [5.41, 5.74) is 6.99. The van der Waals surface area contributed by atoms with Crippen molar-refractivity contribution in [1.82, 2.24) is 0 Å². The average molecular weight is 338 g/mol. The van der Waals surface area contributed by atoms with Crippen LogP contribution in [0.25, 0.3) is 0 Å². The lowest BCUT2D eigenvalue weighted by Crippen LogP contribution is -2.25. The number of alkyl halides is 1. The Morgan fingerprint density at radius 2 is 2.06 bits per heavy atom. The molecule has 0 aliphatic carbocycles. The van der Waals surface area contributed by atoms with Gasteiger partial charge < -0.3 is 10.6 Å². The summed E-state index contributed by atoms with van der Waals surface area (Å²) in [6.45, 7) is 0.659. The Labute approximate surface area is 118 Å². The molecule has 3 nitrogen and oxygen atoms in total. The zero-order valence-electron chi connectivity index (χ0n) is 8.92. The van der Waals surface area contributed by atoms with Gasteiger partial charge in [-0.25, -0.2) is 0 Å². The third-order valence-corrected chi connectivity index (χ3v) is 4.42. The fourth-order valence-electron chi connectivity index (χ4n) is 1.90. The van der Waals surface area contributed by atoms with Gasteiger partial charge in [0.1, 0.15) is 0 Å². The molecule has 1 heterocycles. The van der Waals surface area contributed by atoms with Gasteiger partial charge in [0.25, 0.3) is 0 Å². The van der Waals surface area contributed by atoms with Gasteiger partial charge >= 0.3 is 0 Å². The van der Waals surface area contributed by atoms with Crippen molar-refractivity contribution in [2.24, 2.45) is 5.92 Å². The first-order valence-corrected chi connectivity index (χ1v) is 7.01. The van der Waals surface area contributed by atoms with E-state index in [0.29, 0.717) is 40.3 Å². The highest BCUT2D eigenvalue weighted by molar-refractivity contribution is 9.09. The first kappa shape index (κ1) is 13.0. The summed E-state index contributed by atoms with van der Waals surface area (Å²) < 4.78 is 0. The fraction of sp³-hybridized carbons (Fsp3) is 0.364. The molecule has 92 valence electrons. The number of hydrogen-bond acceptors (Lipinski definition) is 2. The zero-order chi connectivity index (χ0) is 12.6. The van der Waals surface area contributed by atoms with Crippen LogP contribution in [-0.4, -0.2) is 17.8 Å². The smallest absolute Gasteiger partial charge is 0.227 e. The summed E-state index contributed by atoms with van der Waals surface area (Å²) in [6.07, 6.45) is 0.533. The third kappa shape index (κ3) is 2.54. The Hall–Kier alpha value is -0.450. The number of amides is 1. The van der Waals surface area contributed by atoms with Crippen molar-refractivity contribution in [3.05, 3.63) is 22.2 Å². The molecule has 0 radical (unpaired) electrons. The summed E-state index contributed by atoms with van der Waals surface area (Å²) in [7, 11) is 0. The minimum atomic E-state index is 0.0690. The number of hydrogen-bond donors (Lipinski definition) is 1. The molecular formula is C11H11BrCl2N2O. The quantitative estimate of drug-likeness (QED) is 0.664. The Bertz CT molecular complexity index is 467. The molecule has 6 heteroatoms. The molecule has 2 N–H and O–H groups in total. The Balaban J connectivity index is 2.35. The van der Waals surface area contributed by atoms with Crippen molar-refractivity contribution in [3.63, 3.8) is 0 Å². The predicted molar refractivity (Wildman–Crippen MR) is 75.1 cm³/mol. The number of carbonyl (C=O) groups excluding carboxylic acids is 1. The Morgan fingerprint density at radius 3 is 2.65 bits per heavy atom. The summed E-state index contributed by atoms with van der Waals surface area (Å²) in [5.74, 6) is 0.385. The van der Waals surface area contributed by atoms with Crippen LogP contribution in [-0.2, 0) is 4.79 Å². The fourth-order valence-corrected chi connectivity index (χ4v) is 2.67. The van der Waals surface area contributed by atoms with E-state index in [1.54, 1.807) is 17.0 Å². The Morgan fingerprint density at radius 1 is 1.41 bits per heavy atom. The molecular weight excluding hydrogens is 327 g/mol. The van der Waals surface area contributed by atoms with E-state index in [1.165, 1.54) is 0 Å². The molecule has 1 amide bonds. The van der Waals surface area contributed by atoms with Crippen molar-refractivity contribution < 1.29 is 4.79 Å². The molecule has 1 aliphatic heterocycles. The van der Waals surface area contributed by atoms with Crippen LogP contribution in [0.2, 0.25) is 10.0 Å². The first-order chi connectivity index (χ1) is 8.02. The summed E-state index contributed by atoms with van der Waals surface area (Å²) in [6, 6.07) is 3.22. The standard InChI is InChI=1S/C11H11BrCl2N2O/c12-4-6-1-11(17)16(5-6)10-3-8(14)7(13)2-9(10)15/h2-3,6H,1,4-5,15H2. The molecule has 1 atom stereocenters. The van der Waals surface area contributed by atoms with Gasteiger partial charge in [0.15, 0.2) is 0 Å².